The molecule has 0 bridgehead atoms. The number of aromatic nitrogens is 3. The van der Waals surface area contributed by atoms with E-state index in [4.69, 9.17) is 24.4 Å². The van der Waals surface area contributed by atoms with Gasteiger partial charge < -0.3 is 0 Å². The number of thiocarbonyl (C=S) groups is 2. The number of allylic oxidation sites excluding steroid dienone is 4. The van der Waals surface area contributed by atoms with Crippen molar-refractivity contribution < 1.29 is 0 Å². The van der Waals surface area contributed by atoms with Crippen molar-refractivity contribution in [1.29, 1.82) is 0 Å². The monoisotopic (exact) mass is 207 g/mol. The molecular formula is C8H5N3S2. The highest BCUT2D eigenvalue weighted by Crippen LogP contribution is 2.17. The van der Waals surface area contributed by atoms with Crippen LogP contribution in [0, 0.1) is 0 Å². The summed E-state index contributed by atoms with van der Waals surface area (Å²) in [5.41, 5.74) is 1.59. The number of H-pyrrole nitrogens is 1. The van der Waals surface area contributed by atoms with Gasteiger partial charge in [-0.2, -0.15) is 15.4 Å². The summed E-state index contributed by atoms with van der Waals surface area (Å²) in [6.07, 6.45) is 7.18. The quantitative estimate of drug-likeness (QED) is 0.709. The minimum atomic E-state index is 0.659. The van der Waals surface area contributed by atoms with Crippen LogP contribution in [-0.2, 0) is 0 Å². The predicted octanol–water partition coefficient (Wildman–Crippen LogP) is 1.50. The van der Waals surface area contributed by atoms with Gasteiger partial charge in [-0.15, -0.1) is 0 Å². The van der Waals surface area contributed by atoms with Gasteiger partial charge in [-0.1, -0.05) is 36.6 Å². The molecule has 0 atom stereocenters. The molecule has 1 aliphatic carbocycles. The standard InChI is InChI=1S/C8H5N3S2/c12-7-3-1-2-5(8(7)13)6-4-9-11-10-6/h1-4H,(H,9,10,11). The van der Waals surface area contributed by atoms with Crippen molar-refractivity contribution in [1.82, 2.24) is 15.4 Å². The summed E-state index contributed by atoms with van der Waals surface area (Å²) in [7, 11) is 0. The van der Waals surface area contributed by atoms with Crippen LogP contribution in [0.15, 0.2) is 24.4 Å². The van der Waals surface area contributed by atoms with Crippen LogP contribution in [-0.4, -0.2) is 25.1 Å². The van der Waals surface area contributed by atoms with E-state index >= 15 is 0 Å². The largest absolute Gasteiger partial charge is 0.197 e. The third-order valence-corrected chi connectivity index (χ3v) is 2.58. The van der Waals surface area contributed by atoms with Crippen molar-refractivity contribution >= 4 is 39.7 Å². The van der Waals surface area contributed by atoms with Crippen LogP contribution >= 0.6 is 24.4 Å². The van der Waals surface area contributed by atoms with Crippen LogP contribution in [0.4, 0.5) is 0 Å². The lowest BCUT2D eigenvalue weighted by Crippen LogP contribution is -2.11. The Morgan fingerprint density at radius 3 is 2.85 bits per heavy atom. The Morgan fingerprint density at radius 2 is 2.15 bits per heavy atom. The fourth-order valence-electron chi connectivity index (χ4n) is 1.05. The van der Waals surface area contributed by atoms with E-state index in [1.54, 1.807) is 12.3 Å². The molecule has 0 unspecified atom stereocenters. The number of hydrogen-bond acceptors (Lipinski definition) is 4. The van der Waals surface area contributed by atoms with E-state index in [2.05, 4.69) is 15.4 Å². The lowest BCUT2D eigenvalue weighted by Gasteiger charge is -2.07. The summed E-state index contributed by atoms with van der Waals surface area (Å²) in [5, 5.41) is 10.2. The third kappa shape index (κ3) is 1.48. The van der Waals surface area contributed by atoms with E-state index in [1.165, 1.54) is 0 Å². The van der Waals surface area contributed by atoms with Crippen LogP contribution in [0.1, 0.15) is 5.69 Å². The van der Waals surface area contributed by atoms with Gasteiger partial charge in [0.25, 0.3) is 0 Å². The zero-order chi connectivity index (χ0) is 9.26. The maximum absolute atomic E-state index is 5.16. The highest BCUT2D eigenvalue weighted by molar-refractivity contribution is 7.90. The lowest BCUT2D eigenvalue weighted by molar-refractivity contribution is 0.936. The first-order valence-corrected chi connectivity index (χ1v) is 4.44. The maximum Gasteiger partial charge on any atom is 0.114 e. The smallest absolute Gasteiger partial charge is 0.114 e. The van der Waals surface area contributed by atoms with E-state index in [9.17, 15) is 0 Å². The Morgan fingerprint density at radius 1 is 1.31 bits per heavy atom. The molecule has 13 heavy (non-hydrogen) atoms. The lowest BCUT2D eigenvalue weighted by atomic mass is 10.0. The molecule has 0 amide bonds. The molecular weight excluding hydrogens is 202 g/mol. The van der Waals surface area contributed by atoms with Crippen molar-refractivity contribution in [2.75, 3.05) is 0 Å². The Bertz CT molecular complexity index is 415. The molecule has 0 radical (unpaired) electrons. The molecule has 64 valence electrons. The van der Waals surface area contributed by atoms with Crippen molar-refractivity contribution in [3.8, 4) is 0 Å². The van der Waals surface area contributed by atoms with Crippen molar-refractivity contribution in [3.05, 3.63) is 30.1 Å². The number of hydrogen-bond donors (Lipinski definition) is 1. The molecule has 3 nitrogen and oxygen atoms in total. The van der Waals surface area contributed by atoms with Crippen LogP contribution in [0.5, 0.6) is 0 Å². The molecule has 0 saturated carbocycles. The first-order chi connectivity index (χ1) is 6.29. The third-order valence-electron chi connectivity index (χ3n) is 1.67. The first kappa shape index (κ1) is 8.40. The van der Waals surface area contributed by atoms with Gasteiger partial charge >= 0.3 is 0 Å². The summed E-state index contributed by atoms with van der Waals surface area (Å²) in [4.78, 5) is 1.34. The molecule has 1 aromatic rings. The van der Waals surface area contributed by atoms with E-state index < -0.39 is 0 Å². The van der Waals surface area contributed by atoms with Gasteiger partial charge in [-0.05, 0) is 6.08 Å². The van der Waals surface area contributed by atoms with Gasteiger partial charge in [0.2, 0.25) is 0 Å². The fraction of sp³-hybridized carbons (Fsp3) is 0. The molecule has 1 N–H and O–H groups in total. The molecule has 0 saturated heterocycles. The van der Waals surface area contributed by atoms with Gasteiger partial charge in [0.15, 0.2) is 0 Å². The highest BCUT2D eigenvalue weighted by Gasteiger charge is 2.14. The zero-order valence-electron chi connectivity index (χ0n) is 6.52. The van der Waals surface area contributed by atoms with E-state index in [0.717, 1.165) is 11.3 Å². The number of aromatic amines is 1. The average molecular weight is 207 g/mol. The van der Waals surface area contributed by atoms with Crippen molar-refractivity contribution in [3.63, 3.8) is 0 Å². The number of rotatable bonds is 1. The summed E-state index contributed by atoms with van der Waals surface area (Å²) in [5.74, 6) is 0. The minimum absolute atomic E-state index is 0.659. The van der Waals surface area contributed by atoms with Crippen LogP contribution in [0.25, 0.3) is 5.57 Å². The zero-order valence-corrected chi connectivity index (χ0v) is 8.15. The molecule has 5 heteroatoms. The summed E-state index contributed by atoms with van der Waals surface area (Å²) in [6.45, 7) is 0. The molecule has 2 rings (SSSR count). The van der Waals surface area contributed by atoms with Gasteiger partial charge in [-0.25, -0.2) is 0 Å². The molecule has 0 aromatic carbocycles. The van der Waals surface area contributed by atoms with Crippen molar-refractivity contribution in [2.24, 2.45) is 0 Å². The van der Waals surface area contributed by atoms with E-state index in [-0.39, 0.29) is 0 Å². The van der Waals surface area contributed by atoms with Crippen LogP contribution in [0.2, 0.25) is 0 Å². The molecule has 0 aliphatic heterocycles. The fourth-order valence-corrected chi connectivity index (χ4v) is 1.48. The Labute approximate surface area is 85.5 Å². The molecule has 0 fully saturated rings. The Hall–Kier alpha value is -1.20. The maximum atomic E-state index is 5.16. The number of nitrogens with one attached hydrogen (secondary N) is 1. The molecule has 1 aromatic heterocycles. The van der Waals surface area contributed by atoms with Crippen LogP contribution < -0.4 is 0 Å². The highest BCUT2D eigenvalue weighted by atomic mass is 32.1. The molecule has 1 aliphatic rings. The Balaban J connectivity index is 2.45. The number of nitrogens with zero attached hydrogens (tertiary/aromatic N) is 2. The second-order valence-corrected chi connectivity index (χ2v) is 3.34. The topological polar surface area (TPSA) is 41.6 Å². The van der Waals surface area contributed by atoms with Gasteiger partial charge in [-0.3, -0.25) is 0 Å². The predicted molar refractivity (Wildman–Crippen MR) is 58.7 cm³/mol. The summed E-state index contributed by atoms with van der Waals surface area (Å²) >= 11 is 10.2. The van der Waals surface area contributed by atoms with E-state index in [0.29, 0.717) is 9.73 Å². The van der Waals surface area contributed by atoms with Gasteiger partial charge in [0.05, 0.1) is 15.9 Å². The normalized spacial score (nSPS) is 16.2. The molecule has 0 spiro atoms. The summed E-state index contributed by atoms with van der Waals surface area (Å²) < 4.78 is 0. The van der Waals surface area contributed by atoms with Crippen molar-refractivity contribution in [2.45, 2.75) is 0 Å². The second kappa shape index (κ2) is 3.27. The second-order valence-electron chi connectivity index (χ2n) is 2.49. The summed E-state index contributed by atoms with van der Waals surface area (Å²) in [6, 6.07) is 0. The van der Waals surface area contributed by atoms with Gasteiger partial charge in [0, 0.05) is 5.57 Å². The average Bonchev–Trinajstić information content (AvgIpc) is 2.62. The minimum Gasteiger partial charge on any atom is -0.197 e. The molecule has 1 heterocycles. The van der Waals surface area contributed by atoms with E-state index in [1.807, 2.05) is 12.2 Å². The first-order valence-electron chi connectivity index (χ1n) is 3.62. The van der Waals surface area contributed by atoms with Gasteiger partial charge in [0.1, 0.15) is 5.69 Å². The SMILES string of the molecule is S=C1C=CC=C(c2cn[nH]n2)C1=S. The van der Waals surface area contributed by atoms with Crippen LogP contribution in [0.3, 0.4) is 0 Å². The Kier molecular flexibility index (Phi) is 2.12.